The number of nitrogens with one attached hydrogen (secondary N) is 1. The third-order valence-electron chi connectivity index (χ3n) is 5.67. The normalized spacial score (nSPS) is 18.6. The Labute approximate surface area is 182 Å². The Balaban J connectivity index is 1.52. The SMILES string of the molecule is CC(=O)N1C=Cc2ccccc2[C@H]1CC(=O)Nc1cccc(S(=O)(=O)N2CCCC2)c1. The number of amides is 2. The molecule has 0 spiro atoms. The van der Waals surface area contributed by atoms with Gasteiger partial charge in [-0.05, 0) is 48.2 Å². The summed E-state index contributed by atoms with van der Waals surface area (Å²) in [5, 5.41) is 2.80. The molecule has 0 aliphatic carbocycles. The summed E-state index contributed by atoms with van der Waals surface area (Å²) in [7, 11) is -3.56. The summed E-state index contributed by atoms with van der Waals surface area (Å²) < 4.78 is 27.1. The van der Waals surface area contributed by atoms with Crippen LogP contribution in [0.25, 0.3) is 6.08 Å². The molecule has 0 bridgehead atoms. The smallest absolute Gasteiger partial charge is 0.243 e. The molecular weight excluding hydrogens is 414 g/mol. The summed E-state index contributed by atoms with van der Waals surface area (Å²) in [6, 6.07) is 13.6. The van der Waals surface area contributed by atoms with Crippen molar-refractivity contribution in [2.24, 2.45) is 0 Å². The highest BCUT2D eigenvalue weighted by atomic mass is 32.2. The van der Waals surface area contributed by atoms with Crippen molar-refractivity contribution in [3.63, 3.8) is 0 Å². The van der Waals surface area contributed by atoms with Crippen molar-refractivity contribution < 1.29 is 18.0 Å². The predicted molar refractivity (Wildman–Crippen MR) is 118 cm³/mol. The van der Waals surface area contributed by atoms with E-state index >= 15 is 0 Å². The van der Waals surface area contributed by atoms with E-state index in [1.165, 1.54) is 17.3 Å². The van der Waals surface area contributed by atoms with Gasteiger partial charge in [0.15, 0.2) is 0 Å². The van der Waals surface area contributed by atoms with Gasteiger partial charge in [0.2, 0.25) is 21.8 Å². The highest BCUT2D eigenvalue weighted by molar-refractivity contribution is 7.89. The second-order valence-corrected chi connectivity index (χ2v) is 9.72. The molecule has 4 rings (SSSR count). The first-order valence-electron chi connectivity index (χ1n) is 10.3. The Morgan fingerprint density at radius 2 is 1.81 bits per heavy atom. The summed E-state index contributed by atoms with van der Waals surface area (Å²) in [6.45, 7) is 2.51. The van der Waals surface area contributed by atoms with Crippen LogP contribution in [0.15, 0.2) is 59.6 Å². The third-order valence-corrected chi connectivity index (χ3v) is 7.56. The third kappa shape index (κ3) is 4.40. The van der Waals surface area contributed by atoms with Gasteiger partial charge in [-0.3, -0.25) is 9.59 Å². The van der Waals surface area contributed by atoms with Crippen LogP contribution in [0.2, 0.25) is 0 Å². The summed E-state index contributed by atoms with van der Waals surface area (Å²) in [4.78, 5) is 26.7. The molecule has 0 saturated carbocycles. The summed E-state index contributed by atoms with van der Waals surface area (Å²) in [6.07, 6.45) is 5.34. The van der Waals surface area contributed by atoms with E-state index in [2.05, 4.69) is 5.32 Å². The van der Waals surface area contributed by atoms with E-state index in [4.69, 9.17) is 0 Å². The van der Waals surface area contributed by atoms with Crippen LogP contribution in [0.1, 0.15) is 43.4 Å². The molecule has 0 unspecified atom stereocenters. The molecule has 7 nitrogen and oxygen atoms in total. The van der Waals surface area contributed by atoms with Crippen molar-refractivity contribution in [2.75, 3.05) is 18.4 Å². The second kappa shape index (κ2) is 8.64. The lowest BCUT2D eigenvalue weighted by Crippen LogP contribution is -2.33. The van der Waals surface area contributed by atoms with Gasteiger partial charge < -0.3 is 10.2 Å². The lowest BCUT2D eigenvalue weighted by atomic mass is 9.93. The van der Waals surface area contributed by atoms with Crippen LogP contribution in [0.3, 0.4) is 0 Å². The topological polar surface area (TPSA) is 86.8 Å². The molecule has 2 heterocycles. The highest BCUT2D eigenvalue weighted by Gasteiger charge is 2.29. The maximum absolute atomic E-state index is 12.8. The van der Waals surface area contributed by atoms with E-state index < -0.39 is 16.1 Å². The molecule has 0 aromatic heterocycles. The van der Waals surface area contributed by atoms with Gasteiger partial charge >= 0.3 is 0 Å². The Morgan fingerprint density at radius 3 is 2.55 bits per heavy atom. The minimum absolute atomic E-state index is 0.0596. The molecule has 2 aliphatic rings. The summed E-state index contributed by atoms with van der Waals surface area (Å²) in [5.74, 6) is -0.445. The van der Waals surface area contributed by atoms with Crippen molar-refractivity contribution in [1.82, 2.24) is 9.21 Å². The lowest BCUT2D eigenvalue weighted by Gasteiger charge is -2.32. The molecule has 2 aliphatic heterocycles. The second-order valence-electron chi connectivity index (χ2n) is 7.78. The van der Waals surface area contributed by atoms with Gasteiger partial charge in [-0.2, -0.15) is 4.31 Å². The monoisotopic (exact) mass is 439 g/mol. The first-order valence-corrected chi connectivity index (χ1v) is 11.8. The fourth-order valence-corrected chi connectivity index (χ4v) is 5.68. The summed E-state index contributed by atoms with van der Waals surface area (Å²) in [5.41, 5.74) is 2.29. The maximum Gasteiger partial charge on any atom is 0.243 e. The van der Waals surface area contributed by atoms with Gasteiger partial charge in [-0.1, -0.05) is 30.3 Å². The molecule has 1 atom stereocenters. The number of nitrogens with zero attached hydrogens (tertiary/aromatic N) is 2. The Kier molecular flexibility index (Phi) is 5.93. The lowest BCUT2D eigenvalue weighted by molar-refractivity contribution is -0.129. The van der Waals surface area contributed by atoms with Crippen molar-refractivity contribution in [3.05, 3.63) is 65.9 Å². The van der Waals surface area contributed by atoms with Gasteiger partial charge in [-0.25, -0.2) is 8.42 Å². The van der Waals surface area contributed by atoms with Gasteiger partial charge in [0.1, 0.15) is 0 Å². The van der Waals surface area contributed by atoms with Gasteiger partial charge in [0.25, 0.3) is 0 Å². The van der Waals surface area contributed by atoms with Crippen LogP contribution in [-0.4, -0.2) is 42.5 Å². The molecule has 1 fully saturated rings. The molecule has 1 saturated heterocycles. The Morgan fingerprint density at radius 1 is 1.06 bits per heavy atom. The van der Waals surface area contributed by atoms with Gasteiger partial charge in [0, 0.05) is 31.9 Å². The average molecular weight is 440 g/mol. The molecule has 1 N–H and O–H groups in total. The quantitative estimate of drug-likeness (QED) is 0.774. The highest BCUT2D eigenvalue weighted by Crippen LogP contribution is 2.33. The fraction of sp³-hybridized carbons (Fsp3) is 0.304. The van der Waals surface area contributed by atoms with Crippen LogP contribution in [-0.2, 0) is 19.6 Å². The van der Waals surface area contributed by atoms with E-state index in [0.29, 0.717) is 18.8 Å². The van der Waals surface area contributed by atoms with Crippen molar-refractivity contribution >= 4 is 33.6 Å². The van der Waals surface area contributed by atoms with E-state index in [1.807, 2.05) is 30.3 Å². The number of anilines is 1. The molecule has 2 aromatic carbocycles. The Hall–Kier alpha value is -2.97. The first-order chi connectivity index (χ1) is 14.9. The Bertz CT molecular complexity index is 1140. The van der Waals surface area contributed by atoms with Crippen LogP contribution in [0, 0.1) is 0 Å². The van der Waals surface area contributed by atoms with Crippen LogP contribution < -0.4 is 5.32 Å². The molecule has 8 heteroatoms. The maximum atomic E-state index is 12.8. The number of benzene rings is 2. The minimum Gasteiger partial charge on any atom is -0.326 e. The standard InChI is InChI=1S/C23H25N3O4S/c1-17(27)26-14-11-18-7-2-3-10-21(18)22(26)16-23(28)24-19-8-6-9-20(15-19)31(29,30)25-12-4-5-13-25/h2-3,6-11,14-15,22H,4-5,12-13,16H2,1H3,(H,24,28)/t22-/m1/s1. The molecule has 31 heavy (non-hydrogen) atoms. The van der Waals surface area contributed by atoms with E-state index in [1.54, 1.807) is 29.3 Å². The number of sulfonamides is 1. The molecule has 2 amide bonds. The van der Waals surface area contributed by atoms with E-state index in [9.17, 15) is 18.0 Å². The van der Waals surface area contributed by atoms with Crippen molar-refractivity contribution in [2.45, 2.75) is 37.1 Å². The molecule has 0 radical (unpaired) electrons. The number of carbonyl (C=O) groups excluding carboxylic acids is 2. The first kappa shape index (κ1) is 21.3. The van der Waals surface area contributed by atoms with Crippen LogP contribution in [0.5, 0.6) is 0 Å². The van der Waals surface area contributed by atoms with Crippen LogP contribution >= 0.6 is 0 Å². The zero-order valence-electron chi connectivity index (χ0n) is 17.3. The van der Waals surface area contributed by atoms with E-state index in [0.717, 1.165) is 24.0 Å². The number of carbonyl (C=O) groups is 2. The molecular formula is C23H25N3O4S. The molecule has 2 aromatic rings. The number of hydrogen-bond acceptors (Lipinski definition) is 4. The zero-order chi connectivity index (χ0) is 22.0. The predicted octanol–water partition coefficient (Wildman–Crippen LogP) is 3.37. The summed E-state index contributed by atoms with van der Waals surface area (Å²) >= 11 is 0. The molecule has 162 valence electrons. The van der Waals surface area contributed by atoms with Crippen molar-refractivity contribution in [3.8, 4) is 0 Å². The number of fused-ring (bicyclic) bond motifs is 1. The zero-order valence-corrected chi connectivity index (χ0v) is 18.1. The van der Waals surface area contributed by atoms with Crippen LogP contribution in [0.4, 0.5) is 5.69 Å². The number of hydrogen-bond donors (Lipinski definition) is 1. The van der Waals surface area contributed by atoms with E-state index in [-0.39, 0.29) is 23.1 Å². The van der Waals surface area contributed by atoms with Gasteiger partial charge in [0.05, 0.1) is 17.4 Å². The minimum atomic E-state index is -3.56. The fourth-order valence-electron chi connectivity index (χ4n) is 4.11. The number of rotatable bonds is 5. The van der Waals surface area contributed by atoms with Crippen molar-refractivity contribution in [1.29, 1.82) is 0 Å². The largest absolute Gasteiger partial charge is 0.326 e. The van der Waals surface area contributed by atoms with Gasteiger partial charge in [-0.15, -0.1) is 0 Å². The average Bonchev–Trinajstić information content (AvgIpc) is 3.30.